The molecule has 4 bridgehead atoms. The molecular weight excluding hydrogens is 198 g/mol. The van der Waals surface area contributed by atoms with Crippen LogP contribution >= 0.6 is 0 Å². The maximum absolute atomic E-state index is 6.04. The lowest BCUT2D eigenvalue weighted by Crippen LogP contribution is -2.48. The smallest absolute Gasteiger partial charge is 0.122 e. The molecule has 0 radical (unpaired) electrons. The van der Waals surface area contributed by atoms with Crippen molar-refractivity contribution < 1.29 is 0 Å². The van der Waals surface area contributed by atoms with Crippen LogP contribution in [0.4, 0.5) is 5.82 Å². The minimum absolute atomic E-state index is 0.395. The molecule has 1 heterocycles. The summed E-state index contributed by atoms with van der Waals surface area (Å²) in [4.78, 5) is 0. The maximum Gasteiger partial charge on any atom is 0.122 e. The van der Waals surface area contributed by atoms with Gasteiger partial charge < -0.3 is 5.73 Å². The van der Waals surface area contributed by atoms with Gasteiger partial charge in [0.25, 0.3) is 0 Å². The second kappa shape index (κ2) is 2.82. The molecule has 0 aromatic carbocycles. The monoisotopic (exact) mass is 217 g/mol. The molecule has 0 atom stereocenters. The van der Waals surface area contributed by atoms with Crippen molar-refractivity contribution in [2.75, 3.05) is 5.73 Å². The molecule has 86 valence electrons. The first kappa shape index (κ1) is 9.08. The van der Waals surface area contributed by atoms with E-state index in [2.05, 4.69) is 10.2 Å². The Bertz CT molecular complexity index is 385. The van der Waals surface area contributed by atoms with E-state index in [4.69, 9.17) is 5.73 Å². The third-order valence-electron chi connectivity index (χ3n) is 5.28. The van der Waals surface area contributed by atoms with E-state index in [1.165, 1.54) is 44.1 Å². The van der Waals surface area contributed by atoms with Crippen molar-refractivity contribution in [2.24, 2.45) is 17.8 Å². The van der Waals surface area contributed by atoms with Gasteiger partial charge in [0.05, 0.1) is 6.20 Å². The summed E-state index contributed by atoms with van der Waals surface area (Å²) in [7, 11) is 0. The zero-order valence-electron chi connectivity index (χ0n) is 9.58. The highest BCUT2D eigenvalue weighted by Gasteiger charge is 2.52. The van der Waals surface area contributed by atoms with Crippen molar-refractivity contribution in [3.8, 4) is 0 Å². The van der Waals surface area contributed by atoms with Gasteiger partial charge in [0.15, 0.2) is 0 Å². The third kappa shape index (κ3) is 1.06. The number of nitrogens with one attached hydrogen (secondary N) is 1. The maximum atomic E-state index is 6.04. The van der Waals surface area contributed by atoms with E-state index in [9.17, 15) is 0 Å². The van der Waals surface area contributed by atoms with E-state index < -0.39 is 0 Å². The van der Waals surface area contributed by atoms with Gasteiger partial charge in [0.2, 0.25) is 0 Å². The van der Waals surface area contributed by atoms with Gasteiger partial charge in [-0.05, 0) is 56.3 Å². The van der Waals surface area contributed by atoms with Gasteiger partial charge in [-0.2, -0.15) is 5.10 Å². The summed E-state index contributed by atoms with van der Waals surface area (Å²) in [5, 5.41) is 7.05. The van der Waals surface area contributed by atoms with Gasteiger partial charge in [-0.15, -0.1) is 0 Å². The van der Waals surface area contributed by atoms with Crippen LogP contribution in [0, 0.1) is 17.8 Å². The first-order valence-corrected chi connectivity index (χ1v) is 6.54. The van der Waals surface area contributed by atoms with Crippen LogP contribution in [-0.4, -0.2) is 10.2 Å². The number of nitrogens with two attached hydrogens (primary N) is 1. The Balaban J connectivity index is 1.79. The van der Waals surface area contributed by atoms with E-state index in [1.807, 2.05) is 6.20 Å². The number of anilines is 1. The molecule has 3 N–H and O–H groups in total. The first-order chi connectivity index (χ1) is 7.75. The topological polar surface area (TPSA) is 54.7 Å². The van der Waals surface area contributed by atoms with Gasteiger partial charge in [0.1, 0.15) is 5.82 Å². The van der Waals surface area contributed by atoms with Crippen molar-refractivity contribution in [2.45, 2.75) is 43.9 Å². The molecular formula is C13H19N3. The normalized spacial score (nSPS) is 45.1. The molecule has 4 fully saturated rings. The molecule has 0 unspecified atom stereocenters. The number of hydrogen-bond donors (Lipinski definition) is 2. The van der Waals surface area contributed by atoms with Crippen molar-refractivity contribution in [1.82, 2.24) is 10.2 Å². The van der Waals surface area contributed by atoms with Crippen LogP contribution in [0.1, 0.15) is 44.1 Å². The van der Waals surface area contributed by atoms with Crippen molar-refractivity contribution in [3.63, 3.8) is 0 Å². The van der Waals surface area contributed by atoms with Gasteiger partial charge in [-0.25, -0.2) is 0 Å². The Hall–Kier alpha value is -0.990. The zero-order valence-corrected chi connectivity index (χ0v) is 9.58. The predicted molar refractivity (Wildman–Crippen MR) is 62.9 cm³/mol. The van der Waals surface area contributed by atoms with Gasteiger partial charge in [-0.3, -0.25) is 5.10 Å². The fourth-order valence-corrected chi connectivity index (χ4v) is 5.16. The lowest BCUT2D eigenvalue weighted by molar-refractivity contribution is -0.00482. The lowest BCUT2D eigenvalue weighted by atomic mass is 9.48. The molecule has 0 saturated heterocycles. The minimum atomic E-state index is 0.395. The van der Waals surface area contributed by atoms with Gasteiger partial charge in [-0.1, -0.05) is 0 Å². The number of H-pyrrole nitrogens is 1. The number of nitrogens with zero attached hydrogens (tertiary/aromatic N) is 1. The third-order valence-corrected chi connectivity index (χ3v) is 5.28. The Morgan fingerprint density at radius 3 is 2.12 bits per heavy atom. The fraction of sp³-hybridized carbons (Fsp3) is 0.769. The second-order valence-corrected chi connectivity index (χ2v) is 6.40. The predicted octanol–water partition coefficient (Wildman–Crippen LogP) is 2.46. The largest absolute Gasteiger partial charge is 0.384 e. The lowest BCUT2D eigenvalue weighted by Gasteiger charge is -2.56. The molecule has 16 heavy (non-hydrogen) atoms. The highest BCUT2D eigenvalue weighted by Crippen LogP contribution is 2.61. The average Bonchev–Trinajstić information content (AvgIpc) is 2.62. The number of aromatic nitrogens is 2. The van der Waals surface area contributed by atoms with Crippen LogP contribution in [0.25, 0.3) is 0 Å². The molecule has 3 nitrogen and oxygen atoms in total. The highest BCUT2D eigenvalue weighted by molar-refractivity contribution is 5.44. The standard InChI is InChI=1S/C13H19N3/c14-12-11(7-15-16-12)13-4-8-1-9(5-13)3-10(2-8)6-13/h7-10H,1-6H2,(H3,14,15,16). The quantitative estimate of drug-likeness (QED) is 0.759. The molecule has 4 aliphatic rings. The number of rotatable bonds is 1. The molecule has 0 amide bonds. The molecule has 0 aliphatic heterocycles. The summed E-state index contributed by atoms with van der Waals surface area (Å²) < 4.78 is 0. The summed E-state index contributed by atoms with van der Waals surface area (Å²) in [5.41, 5.74) is 7.76. The first-order valence-electron chi connectivity index (χ1n) is 6.54. The highest BCUT2D eigenvalue weighted by atomic mass is 15.1. The van der Waals surface area contributed by atoms with E-state index in [0.29, 0.717) is 5.41 Å². The molecule has 4 aliphatic carbocycles. The van der Waals surface area contributed by atoms with E-state index in [1.54, 1.807) is 0 Å². The summed E-state index contributed by atoms with van der Waals surface area (Å²) in [5.74, 6) is 3.74. The average molecular weight is 217 g/mol. The van der Waals surface area contributed by atoms with Crippen molar-refractivity contribution in [1.29, 1.82) is 0 Å². The van der Waals surface area contributed by atoms with Crippen LogP contribution in [0.2, 0.25) is 0 Å². The van der Waals surface area contributed by atoms with Crippen LogP contribution < -0.4 is 5.73 Å². The molecule has 4 saturated carbocycles. The Labute approximate surface area is 95.8 Å². The van der Waals surface area contributed by atoms with Crippen LogP contribution in [-0.2, 0) is 5.41 Å². The van der Waals surface area contributed by atoms with Gasteiger partial charge >= 0.3 is 0 Å². The molecule has 1 aromatic rings. The minimum Gasteiger partial charge on any atom is -0.384 e. The summed E-state index contributed by atoms with van der Waals surface area (Å²) in [6.45, 7) is 0. The summed E-state index contributed by atoms with van der Waals surface area (Å²) in [6.07, 6.45) is 10.5. The number of nitrogen functional groups attached to an aromatic ring is 1. The van der Waals surface area contributed by atoms with Crippen LogP contribution in [0.3, 0.4) is 0 Å². The van der Waals surface area contributed by atoms with E-state index in [-0.39, 0.29) is 0 Å². The van der Waals surface area contributed by atoms with Crippen LogP contribution in [0.15, 0.2) is 6.20 Å². The Morgan fingerprint density at radius 2 is 1.69 bits per heavy atom. The molecule has 0 spiro atoms. The summed E-state index contributed by atoms with van der Waals surface area (Å²) >= 11 is 0. The second-order valence-electron chi connectivity index (χ2n) is 6.40. The zero-order chi connectivity index (χ0) is 10.8. The number of hydrogen-bond acceptors (Lipinski definition) is 2. The fourth-order valence-electron chi connectivity index (χ4n) is 5.16. The Kier molecular flexibility index (Phi) is 1.60. The molecule has 1 aromatic heterocycles. The van der Waals surface area contributed by atoms with Gasteiger partial charge in [0, 0.05) is 11.0 Å². The van der Waals surface area contributed by atoms with Crippen molar-refractivity contribution in [3.05, 3.63) is 11.8 Å². The number of aromatic amines is 1. The SMILES string of the molecule is Nc1[nH]ncc1C12CC3CC(CC(C3)C1)C2. The Morgan fingerprint density at radius 1 is 1.12 bits per heavy atom. The van der Waals surface area contributed by atoms with E-state index in [0.717, 1.165) is 23.6 Å². The van der Waals surface area contributed by atoms with Crippen molar-refractivity contribution >= 4 is 5.82 Å². The van der Waals surface area contributed by atoms with Crippen LogP contribution in [0.5, 0.6) is 0 Å². The molecule has 3 heteroatoms. The molecule has 5 rings (SSSR count). The summed E-state index contributed by atoms with van der Waals surface area (Å²) in [6, 6.07) is 0. The van der Waals surface area contributed by atoms with E-state index >= 15 is 0 Å².